The van der Waals surface area contributed by atoms with Crippen molar-refractivity contribution in [1.29, 1.82) is 0 Å². The maximum atomic E-state index is 12.3. The maximum absolute atomic E-state index is 12.3. The van der Waals surface area contributed by atoms with Gasteiger partial charge in [-0.2, -0.15) is 13.2 Å². The molecule has 0 aliphatic rings. The number of hydrogen-bond donors (Lipinski definition) is 1. The lowest BCUT2D eigenvalue weighted by Gasteiger charge is -2.11. The first kappa shape index (κ1) is 14.9. The first-order valence-electron chi connectivity index (χ1n) is 5.59. The van der Waals surface area contributed by atoms with Crippen molar-refractivity contribution in [3.05, 3.63) is 46.7 Å². The van der Waals surface area contributed by atoms with E-state index in [1.54, 1.807) is 41.8 Å². The fourth-order valence-electron chi connectivity index (χ4n) is 1.45. The summed E-state index contributed by atoms with van der Waals surface area (Å²) in [6.45, 7) is 0. The molecule has 7 heteroatoms. The van der Waals surface area contributed by atoms with E-state index < -0.39 is 11.9 Å². The van der Waals surface area contributed by atoms with Gasteiger partial charge in [-0.15, -0.1) is 23.1 Å². The van der Waals surface area contributed by atoms with Gasteiger partial charge in [0.1, 0.15) is 0 Å². The third-order valence-electron chi connectivity index (χ3n) is 2.27. The molecular weight excluding hydrogens is 307 g/mol. The second-order valence-corrected chi connectivity index (χ2v) is 5.80. The first-order chi connectivity index (χ1) is 9.46. The summed E-state index contributed by atoms with van der Waals surface area (Å²) in [7, 11) is 0. The number of nitrogens with one attached hydrogen (secondary N) is 1. The topological polar surface area (TPSA) is 29.1 Å². The summed E-state index contributed by atoms with van der Waals surface area (Å²) in [5, 5.41) is 4.40. The van der Waals surface area contributed by atoms with Gasteiger partial charge < -0.3 is 5.32 Å². The minimum atomic E-state index is -4.24. The SMILES string of the molecule is O=C(Nc1ccccc1SCC(F)(F)F)c1cccs1. The van der Waals surface area contributed by atoms with Crippen LogP contribution in [0.3, 0.4) is 0 Å². The highest BCUT2D eigenvalue weighted by atomic mass is 32.2. The summed E-state index contributed by atoms with van der Waals surface area (Å²) in [5.74, 6) is -1.31. The molecule has 0 bridgehead atoms. The maximum Gasteiger partial charge on any atom is 0.398 e. The molecule has 106 valence electrons. The number of carbonyl (C=O) groups excluding carboxylic acids is 1. The van der Waals surface area contributed by atoms with Crippen molar-refractivity contribution < 1.29 is 18.0 Å². The molecule has 0 saturated carbocycles. The van der Waals surface area contributed by atoms with Gasteiger partial charge in [-0.25, -0.2) is 0 Å². The van der Waals surface area contributed by atoms with Gasteiger partial charge in [-0.3, -0.25) is 4.79 Å². The van der Waals surface area contributed by atoms with E-state index in [1.807, 2.05) is 0 Å². The van der Waals surface area contributed by atoms with Crippen LogP contribution in [-0.2, 0) is 0 Å². The number of hydrogen-bond acceptors (Lipinski definition) is 3. The number of thiophene rings is 1. The van der Waals surface area contributed by atoms with E-state index >= 15 is 0 Å². The highest BCUT2D eigenvalue weighted by molar-refractivity contribution is 7.99. The average Bonchev–Trinajstić information content (AvgIpc) is 2.90. The largest absolute Gasteiger partial charge is 0.398 e. The quantitative estimate of drug-likeness (QED) is 0.831. The van der Waals surface area contributed by atoms with Gasteiger partial charge >= 0.3 is 6.18 Å². The molecule has 0 fully saturated rings. The molecule has 1 aromatic heterocycles. The van der Waals surface area contributed by atoms with Crippen LogP contribution < -0.4 is 5.32 Å². The predicted molar refractivity (Wildman–Crippen MR) is 75.5 cm³/mol. The molecule has 0 saturated heterocycles. The average molecular weight is 317 g/mol. The zero-order valence-corrected chi connectivity index (χ0v) is 11.7. The highest BCUT2D eigenvalue weighted by Crippen LogP contribution is 2.32. The van der Waals surface area contributed by atoms with Crippen molar-refractivity contribution in [3.8, 4) is 0 Å². The Labute approximate surface area is 122 Å². The summed E-state index contributed by atoms with van der Waals surface area (Å²) in [6.07, 6.45) is -4.24. The first-order valence-corrected chi connectivity index (χ1v) is 7.46. The molecule has 0 atom stereocenters. The number of alkyl halides is 3. The van der Waals surface area contributed by atoms with Crippen LogP contribution in [-0.4, -0.2) is 17.8 Å². The van der Waals surface area contributed by atoms with E-state index in [0.717, 1.165) is 0 Å². The van der Waals surface area contributed by atoms with Crippen molar-refractivity contribution >= 4 is 34.7 Å². The van der Waals surface area contributed by atoms with Gasteiger partial charge in [0.2, 0.25) is 0 Å². The van der Waals surface area contributed by atoms with Crippen molar-refractivity contribution in [2.24, 2.45) is 0 Å². The van der Waals surface area contributed by atoms with E-state index in [9.17, 15) is 18.0 Å². The van der Waals surface area contributed by atoms with Crippen LogP contribution >= 0.6 is 23.1 Å². The van der Waals surface area contributed by atoms with Crippen LogP contribution in [0.4, 0.5) is 18.9 Å². The summed E-state index contributed by atoms with van der Waals surface area (Å²) < 4.78 is 36.8. The Morgan fingerprint density at radius 1 is 1.20 bits per heavy atom. The highest BCUT2D eigenvalue weighted by Gasteiger charge is 2.27. The Hall–Kier alpha value is -1.47. The number of amides is 1. The number of para-hydroxylation sites is 1. The number of halogens is 3. The molecule has 2 rings (SSSR count). The van der Waals surface area contributed by atoms with Crippen LogP contribution in [0, 0.1) is 0 Å². The molecule has 0 radical (unpaired) electrons. The van der Waals surface area contributed by atoms with Gasteiger partial charge in [0, 0.05) is 4.90 Å². The molecule has 2 nitrogen and oxygen atoms in total. The zero-order valence-electron chi connectivity index (χ0n) is 10.1. The van der Waals surface area contributed by atoms with E-state index in [1.165, 1.54) is 11.3 Å². The number of anilines is 1. The lowest BCUT2D eigenvalue weighted by atomic mass is 10.3. The van der Waals surface area contributed by atoms with Crippen LogP contribution in [0.5, 0.6) is 0 Å². The molecule has 0 unspecified atom stereocenters. The number of thioether (sulfide) groups is 1. The van der Waals surface area contributed by atoms with Crippen LogP contribution in [0.2, 0.25) is 0 Å². The fourth-order valence-corrected chi connectivity index (χ4v) is 2.83. The van der Waals surface area contributed by atoms with Gasteiger partial charge in [0.15, 0.2) is 0 Å². The lowest BCUT2D eigenvalue weighted by molar-refractivity contribution is -0.105. The summed E-state index contributed by atoms with van der Waals surface area (Å²) >= 11 is 1.93. The molecule has 0 aliphatic carbocycles. The second-order valence-electron chi connectivity index (χ2n) is 3.83. The predicted octanol–water partition coefficient (Wildman–Crippen LogP) is 4.65. The summed E-state index contributed by atoms with van der Waals surface area (Å²) in [5.41, 5.74) is 0.389. The molecule has 1 heterocycles. The van der Waals surface area contributed by atoms with Gasteiger partial charge in [-0.1, -0.05) is 18.2 Å². The molecule has 1 amide bonds. The van der Waals surface area contributed by atoms with E-state index in [2.05, 4.69) is 5.32 Å². The Kier molecular flexibility index (Phi) is 4.72. The minimum absolute atomic E-state index is 0.319. The van der Waals surface area contributed by atoms with Crippen molar-refractivity contribution in [1.82, 2.24) is 0 Å². The van der Waals surface area contributed by atoms with Gasteiger partial charge in [0.05, 0.1) is 16.3 Å². The van der Waals surface area contributed by atoms with Crippen LogP contribution in [0.25, 0.3) is 0 Å². The molecule has 2 aromatic rings. The third kappa shape index (κ3) is 4.28. The van der Waals surface area contributed by atoms with E-state index in [-0.39, 0.29) is 5.91 Å². The standard InChI is InChI=1S/C13H10F3NOS2/c14-13(15,16)8-20-10-5-2-1-4-9(10)17-12(18)11-6-3-7-19-11/h1-7H,8H2,(H,17,18). The monoisotopic (exact) mass is 317 g/mol. The third-order valence-corrected chi connectivity index (χ3v) is 4.28. The summed E-state index contributed by atoms with van der Waals surface area (Å²) in [6, 6.07) is 9.85. The normalized spacial score (nSPS) is 11.3. The Morgan fingerprint density at radius 2 is 1.95 bits per heavy atom. The Balaban J connectivity index is 2.10. The van der Waals surface area contributed by atoms with Gasteiger partial charge in [-0.05, 0) is 23.6 Å². The van der Waals surface area contributed by atoms with Crippen LogP contribution in [0.15, 0.2) is 46.7 Å². The molecule has 1 N–H and O–H groups in total. The molecule has 0 spiro atoms. The Morgan fingerprint density at radius 3 is 2.60 bits per heavy atom. The second kappa shape index (κ2) is 6.32. The van der Waals surface area contributed by atoms with Crippen LogP contribution in [0.1, 0.15) is 9.67 Å². The molecular formula is C13H10F3NOS2. The minimum Gasteiger partial charge on any atom is -0.320 e. The van der Waals surface area contributed by atoms with Crippen molar-refractivity contribution in [3.63, 3.8) is 0 Å². The zero-order chi connectivity index (χ0) is 14.6. The molecule has 1 aromatic carbocycles. The number of rotatable bonds is 4. The smallest absolute Gasteiger partial charge is 0.320 e. The molecule has 0 aliphatic heterocycles. The number of benzene rings is 1. The number of carbonyl (C=O) groups is 1. The van der Waals surface area contributed by atoms with Crippen molar-refractivity contribution in [2.75, 3.05) is 11.1 Å². The van der Waals surface area contributed by atoms with E-state index in [0.29, 0.717) is 27.2 Å². The molecule has 20 heavy (non-hydrogen) atoms. The van der Waals surface area contributed by atoms with E-state index in [4.69, 9.17) is 0 Å². The Bertz CT molecular complexity index is 582. The van der Waals surface area contributed by atoms with Crippen molar-refractivity contribution in [2.45, 2.75) is 11.1 Å². The lowest BCUT2D eigenvalue weighted by Crippen LogP contribution is -2.13. The van der Waals surface area contributed by atoms with Gasteiger partial charge in [0.25, 0.3) is 5.91 Å². The summed E-state index contributed by atoms with van der Waals surface area (Å²) in [4.78, 5) is 12.8. The fraction of sp³-hybridized carbons (Fsp3) is 0.154.